The van der Waals surface area contributed by atoms with Gasteiger partial charge in [0.1, 0.15) is 0 Å². The number of carboxylic acid groups (broad SMARTS) is 1. The first kappa shape index (κ1) is 13.8. The average Bonchev–Trinajstić information content (AvgIpc) is 2.85. The molecule has 1 aliphatic heterocycles. The van der Waals surface area contributed by atoms with Crippen LogP contribution in [0.5, 0.6) is 0 Å². The molecule has 2 N–H and O–H groups in total. The molecule has 1 aromatic carbocycles. The van der Waals surface area contributed by atoms with Gasteiger partial charge in [0.15, 0.2) is 0 Å². The van der Waals surface area contributed by atoms with Crippen molar-refractivity contribution in [2.75, 3.05) is 26.3 Å². The summed E-state index contributed by atoms with van der Waals surface area (Å²) in [5.74, 6) is 0. The van der Waals surface area contributed by atoms with E-state index in [2.05, 4.69) is 0 Å². The maximum absolute atomic E-state index is 10.9. The smallest absolute Gasteiger partial charge is 0.407 e. The van der Waals surface area contributed by atoms with Crippen LogP contribution in [0.3, 0.4) is 0 Å². The quantitative estimate of drug-likeness (QED) is 0.847. The summed E-state index contributed by atoms with van der Waals surface area (Å²) in [6, 6.07) is 9.79. The van der Waals surface area contributed by atoms with Crippen molar-refractivity contribution in [2.24, 2.45) is 5.41 Å². The molecule has 0 saturated carbocycles. The molecule has 1 amide bonds. The highest BCUT2D eigenvalue weighted by Crippen LogP contribution is 2.30. The monoisotopic (exact) mass is 265 g/mol. The van der Waals surface area contributed by atoms with E-state index in [1.807, 2.05) is 30.3 Å². The van der Waals surface area contributed by atoms with E-state index in [4.69, 9.17) is 9.84 Å². The lowest BCUT2D eigenvalue weighted by Gasteiger charge is -2.26. The van der Waals surface area contributed by atoms with Crippen LogP contribution in [0.25, 0.3) is 0 Å². The van der Waals surface area contributed by atoms with Gasteiger partial charge in [-0.1, -0.05) is 30.3 Å². The number of hydrogen-bond donors (Lipinski definition) is 2. The van der Waals surface area contributed by atoms with E-state index in [0.29, 0.717) is 32.7 Å². The molecule has 0 unspecified atom stereocenters. The lowest BCUT2D eigenvalue weighted by molar-refractivity contribution is 0.00502. The van der Waals surface area contributed by atoms with Gasteiger partial charge in [-0.2, -0.15) is 0 Å². The molecule has 1 aromatic rings. The Labute approximate surface area is 112 Å². The third-order valence-corrected chi connectivity index (χ3v) is 3.56. The molecule has 5 heteroatoms. The van der Waals surface area contributed by atoms with E-state index >= 15 is 0 Å². The van der Waals surface area contributed by atoms with Gasteiger partial charge in [0, 0.05) is 18.5 Å². The third-order valence-electron chi connectivity index (χ3n) is 3.56. The summed E-state index contributed by atoms with van der Waals surface area (Å²) in [6.07, 6.45) is -0.289. The molecule has 0 aromatic heterocycles. The van der Waals surface area contributed by atoms with Crippen LogP contribution in [0.1, 0.15) is 12.0 Å². The summed E-state index contributed by atoms with van der Waals surface area (Å²) in [7, 11) is 0. The molecule has 0 aliphatic carbocycles. The zero-order valence-electron chi connectivity index (χ0n) is 10.8. The largest absolute Gasteiger partial charge is 0.465 e. The Morgan fingerprint density at radius 2 is 2.11 bits per heavy atom. The number of ether oxygens (including phenoxy) is 1. The number of aliphatic hydroxyl groups excluding tert-OH is 1. The van der Waals surface area contributed by atoms with Crippen molar-refractivity contribution in [1.82, 2.24) is 4.90 Å². The molecule has 0 radical (unpaired) electrons. The first-order chi connectivity index (χ1) is 9.15. The van der Waals surface area contributed by atoms with Gasteiger partial charge in [-0.25, -0.2) is 4.79 Å². The Morgan fingerprint density at radius 1 is 1.37 bits per heavy atom. The Bertz CT molecular complexity index is 423. The van der Waals surface area contributed by atoms with Crippen molar-refractivity contribution in [2.45, 2.75) is 13.0 Å². The topological polar surface area (TPSA) is 70.0 Å². The summed E-state index contributed by atoms with van der Waals surface area (Å²) in [5.41, 5.74) is 0.622. The number of nitrogens with zero attached hydrogens (tertiary/aromatic N) is 1. The minimum absolute atomic E-state index is 0.0500. The van der Waals surface area contributed by atoms with Crippen molar-refractivity contribution >= 4 is 6.09 Å². The van der Waals surface area contributed by atoms with Crippen molar-refractivity contribution in [3.05, 3.63) is 35.9 Å². The molecule has 5 nitrogen and oxygen atoms in total. The number of carbonyl (C=O) groups is 1. The molecule has 1 saturated heterocycles. The van der Waals surface area contributed by atoms with Gasteiger partial charge in [0.05, 0.1) is 19.8 Å². The first-order valence-electron chi connectivity index (χ1n) is 6.36. The second-order valence-electron chi connectivity index (χ2n) is 5.09. The molecular weight excluding hydrogens is 246 g/mol. The molecule has 1 heterocycles. The number of benzene rings is 1. The van der Waals surface area contributed by atoms with Gasteiger partial charge in [0.2, 0.25) is 0 Å². The Morgan fingerprint density at radius 3 is 2.68 bits per heavy atom. The fourth-order valence-corrected chi connectivity index (χ4v) is 2.35. The lowest BCUT2D eigenvalue weighted by atomic mass is 9.89. The van der Waals surface area contributed by atoms with Gasteiger partial charge in [0.25, 0.3) is 0 Å². The molecule has 2 rings (SSSR count). The SMILES string of the molecule is O=C(O)N1CC[C@](CO)(COCc2ccccc2)C1. The first-order valence-corrected chi connectivity index (χ1v) is 6.36. The summed E-state index contributed by atoms with van der Waals surface area (Å²) < 4.78 is 5.65. The minimum Gasteiger partial charge on any atom is -0.465 e. The van der Waals surface area contributed by atoms with E-state index in [9.17, 15) is 9.90 Å². The van der Waals surface area contributed by atoms with Crippen LogP contribution in [0, 0.1) is 5.41 Å². The van der Waals surface area contributed by atoms with Crippen molar-refractivity contribution in [1.29, 1.82) is 0 Å². The molecule has 1 atom stereocenters. The second kappa shape index (κ2) is 6.04. The summed E-state index contributed by atoms with van der Waals surface area (Å²) in [4.78, 5) is 12.2. The molecule has 1 aliphatic rings. The molecule has 19 heavy (non-hydrogen) atoms. The highest BCUT2D eigenvalue weighted by Gasteiger charge is 2.39. The van der Waals surface area contributed by atoms with Crippen molar-refractivity contribution in [3.8, 4) is 0 Å². The van der Waals surface area contributed by atoms with Gasteiger partial charge in [-0.3, -0.25) is 0 Å². The summed E-state index contributed by atoms with van der Waals surface area (Å²) in [6.45, 7) is 1.61. The standard InChI is InChI=1S/C14H19NO4/c16-10-14(6-7-15(9-14)13(17)18)11-19-8-12-4-2-1-3-5-12/h1-5,16H,6-11H2,(H,17,18)/t14-/m0/s1. The maximum atomic E-state index is 10.9. The van der Waals surface area contributed by atoms with E-state index in [-0.39, 0.29) is 6.61 Å². The van der Waals surface area contributed by atoms with Crippen LogP contribution in [0.15, 0.2) is 30.3 Å². The predicted molar refractivity (Wildman–Crippen MR) is 69.8 cm³/mol. The maximum Gasteiger partial charge on any atom is 0.407 e. The number of likely N-dealkylation sites (tertiary alicyclic amines) is 1. The number of amides is 1. The fourth-order valence-electron chi connectivity index (χ4n) is 2.35. The van der Waals surface area contributed by atoms with Crippen LogP contribution in [-0.2, 0) is 11.3 Å². The normalized spacial score (nSPS) is 22.7. The van der Waals surface area contributed by atoms with Crippen LogP contribution in [-0.4, -0.2) is 47.5 Å². The third kappa shape index (κ3) is 3.45. The zero-order chi connectivity index (χ0) is 13.7. The van der Waals surface area contributed by atoms with Crippen LogP contribution >= 0.6 is 0 Å². The molecular formula is C14H19NO4. The Hall–Kier alpha value is -1.59. The Kier molecular flexibility index (Phi) is 4.39. The minimum atomic E-state index is -0.932. The number of aliphatic hydroxyl groups is 1. The van der Waals surface area contributed by atoms with Crippen molar-refractivity contribution < 1.29 is 19.7 Å². The summed E-state index contributed by atoms with van der Waals surface area (Å²) in [5, 5.41) is 18.5. The van der Waals surface area contributed by atoms with Crippen LogP contribution in [0.2, 0.25) is 0 Å². The number of hydrogen-bond acceptors (Lipinski definition) is 3. The van der Waals surface area contributed by atoms with Gasteiger partial charge in [-0.05, 0) is 12.0 Å². The van der Waals surface area contributed by atoms with E-state index < -0.39 is 11.5 Å². The van der Waals surface area contributed by atoms with Crippen LogP contribution in [0.4, 0.5) is 4.79 Å². The van der Waals surface area contributed by atoms with E-state index in [1.165, 1.54) is 4.90 Å². The van der Waals surface area contributed by atoms with Gasteiger partial charge in [-0.15, -0.1) is 0 Å². The molecule has 1 fully saturated rings. The van der Waals surface area contributed by atoms with E-state index in [1.54, 1.807) is 0 Å². The summed E-state index contributed by atoms with van der Waals surface area (Å²) >= 11 is 0. The Balaban J connectivity index is 1.85. The average molecular weight is 265 g/mol. The lowest BCUT2D eigenvalue weighted by Crippen LogP contribution is -2.36. The number of rotatable bonds is 5. The molecule has 104 valence electrons. The molecule has 0 bridgehead atoms. The fraction of sp³-hybridized carbons (Fsp3) is 0.500. The van der Waals surface area contributed by atoms with Gasteiger partial charge >= 0.3 is 6.09 Å². The predicted octanol–water partition coefficient (Wildman–Crippen LogP) is 1.57. The highest BCUT2D eigenvalue weighted by molar-refractivity contribution is 5.65. The van der Waals surface area contributed by atoms with Gasteiger partial charge < -0.3 is 19.8 Å². The highest BCUT2D eigenvalue weighted by atomic mass is 16.5. The second-order valence-corrected chi connectivity index (χ2v) is 5.09. The van der Waals surface area contributed by atoms with E-state index in [0.717, 1.165) is 5.56 Å². The zero-order valence-corrected chi connectivity index (χ0v) is 10.8. The molecule has 0 spiro atoms. The van der Waals surface area contributed by atoms with Crippen LogP contribution < -0.4 is 0 Å². The van der Waals surface area contributed by atoms with Crippen molar-refractivity contribution in [3.63, 3.8) is 0 Å².